The summed E-state index contributed by atoms with van der Waals surface area (Å²) in [6, 6.07) is 9.36. The van der Waals surface area contributed by atoms with E-state index in [1.165, 1.54) is 0 Å². The maximum atomic E-state index is 5.83. The molecule has 0 aliphatic heterocycles. The summed E-state index contributed by atoms with van der Waals surface area (Å²) in [7, 11) is 3.19. The Bertz CT molecular complexity index is 575. The molecule has 0 spiro atoms. The molecule has 1 aromatic heterocycles. The topological polar surface area (TPSA) is 40.6 Å². The summed E-state index contributed by atoms with van der Waals surface area (Å²) in [6.45, 7) is 0.346. The van der Waals surface area contributed by atoms with Crippen molar-refractivity contribution in [3.8, 4) is 17.4 Å². The van der Waals surface area contributed by atoms with Gasteiger partial charge in [0.25, 0.3) is 0 Å². The first-order chi connectivity index (χ1) is 9.78. The minimum Gasteiger partial charge on any atom is -0.493 e. The van der Waals surface area contributed by atoms with Crippen LogP contribution < -0.4 is 14.2 Å². The Morgan fingerprint density at radius 2 is 1.95 bits per heavy atom. The summed E-state index contributed by atoms with van der Waals surface area (Å²) < 4.78 is 16.3. The van der Waals surface area contributed by atoms with Gasteiger partial charge in [-0.3, -0.25) is 0 Å². The van der Waals surface area contributed by atoms with E-state index in [1.807, 2.05) is 30.3 Å². The minimum atomic E-state index is 0.346. The fourth-order valence-electron chi connectivity index (χ4n) is 1.79. The van der Waals surface area contributed by atoms with E-state index in [-0.39, 0.29) is 0 Å². The Balaban J connectivity index is 2.17. The Kier molecular flexibility index (Phi) is 5.07. The van der Waals surface area contributed by atoms with Crippen LogP contribution in [-0.2, 0) is 12.5 Å². The summed E-state index contributed by atoms with van der Waals surface area (Å²) in [6.07, 6.45) is 1.68. The van der Waals surface area contributed by atoms with Crippen molar-refractivity contribution in [3.63, 3.8) is 0 Å². The lowest BCUT2D eigenvalue weighted by Gasteiger charge is -2.13. The SMILES string of the molecule is COc1ccc(CCl)cc1OCc1cccnc1OC. The molecule has 0 fully saturated rings. The zero-order chi connectivity index (χ0) is 14.4. The summed E-state index contributed by atoms with van der Waals surface area (Å²) in [5.41, 5.74) is 1.84. The van der Waals surface area contributed by atoms with Crippen LogP contribution in [0.5, 0.6) is 17.4 Å². The molecule has 5 heteroatoms. The lowest BCUT2D eigenvalue weighted by molar-refractivity contribution is 0.276. The second-order valence-corrected chi connectivity index (χ2v) is 4.35. The minimum absolute atomic E-state index is 0.346. The van der Waals surface area contributed by atoms with Gasteiger partial charge in [-0.25, -0.2) is 4.98 Å². The van der Waals surface area contributed by atoms with Crippen LogP contribution in [0.15, 0.2) is 36.5 Å². The van der Waals surface area contributed by atoms with Gasteiger partial charge >= 0.3 is 0 Å². The highest BCUT2D eigenvalue weighted by atomic mass is 35.5. The van der Waals surface area contributed by atoms with Crippen molar-refractivity contribution in [1.82, 2.24) is 4.98 Å². The summed E-state index contributed by atoms with van der Waals surface area (Å²) in [5.74, 6) is 2.30. The number of methoxy groups -OCH3 is 2. The zero-order valence-electron chi connectivity index (χ0n) is 11.4. The molecule has 4 nitrogen and oxygen atoms in total. The van der Waals surface area contributed by atoms with Gasteiger partial charge in [-0.05, 0) is 29.8 Å². The van der Waals surface area contributed by atoms with E-state index in [1.54, 1.807) is 20.4 Å². The molecule has 0 amide bonds. The van der Waals surface area contributed by atoms with Crippen LogP contribution >= 0.6 is 11.6 Å². The largest absolute Gasteiger partial charge is 0.493 e. The van der Waals surface area contributed by atoms with Crippen LogP contribution in [0, 0.1) is 0 Å². The van der Waals surface area contributed by atoms with E-state index in [0.29, 0.717) is 29.9 Å². The second-order valence-electron chi connectivity index (χ2n) is 4.08. The number of nitrogens with zero attached hydrogens (tertiary/aromatic N) is 1. The number of aromatic nitrogens is 1. The normalized spacial score (nSPS) is 10.2. The Hall–Kier alpha value is -1.94. The molecule has 0 unspecified atom stereocenters. The van der Waals surface area contributed by atoms with Crippen molar-refractivity contribution in [2.24, 2.45) is 0 Å². The molecule has 0 aliphatic carbocycles. The molecule has 0 radical (unpaired) electrons. The van der Waals surface area contributed by atoms with E-state index >= 15 is 0 Å². The number of hydrogen-bond acceptors (Lipinski definition) is 4. The number of pyridine rings is 1. The molecule has 0 N–H and O–H groups in total. The van der Waals surface area contributed by atoms with E-state index in [0.717, 1.165) is 11.1 Å². The Morgan fingerprint density at radius 3 is 2.65 bits per heavy atom. The van der Waals surface area contributed by atoms with Crippen molar-refractivity contribution in [2.45, 2.75) is 12.5 Å². The van der Waals surface area contributed by atoms with Crippen LogP contribution in [0.25, 0.3) is 0 Å². The van der Waals surface area contributed by atoms with Crippen LogP contribution in [0.2, 0.25) is 0 Å². The van der Waals surface area contributed by atoms with E-state index in [4.69, 9.17) is 25.8 Å². The highest BCUT2D eigenvalue weighted by Gasteiger charge is 2.08. The maximum Gasteiger partial charge on any atom is 0.219 e. The molecule has 1 aromatic carbocycles. The van der Waals surface area contributed by atoms with Crippen LogP contribution in [-0.4, -0.2) is 19.2 Å². The zero-order valence-corrected chi connectivity index (χ0v) is 12.2. The average molecular weight is 294 g/mol. The molecular formula is C15H16ClNO3. The summed E-state index contributed by atoms with van der Waals surface area (Å²) >= 11 is 5.83. The van der Waals surface area contributed by atoms with E-state index in [9.17, 15) is 0 Å². The molecule has 0 bridgehead atoms. The predicted molar refractivity (Wildman–Crippen MR) is 77.7 cm³/mol. The molecule has 2 aromatic rings. The van der Waals surface area contributed by atoms with Gasteiger partial charge < -0.3 is 14.2 Å². The highest BCUT2D eigenvalue weighted by molar-refractivity contribution is 6.17. The van der Waals surface area contributed by atoms with Gasteiger partial charge in [-0.15, -0.1) is 11.6 Å². The molecule has 1 heterocycles. The highest BCUT2D eigenvalue weighted by Crippen LogP contribution is 2.30. The van der Waals surface area contributed by atoms with Crippen LogP contribution in [0.1, 0.15) is 11.1 Å². The van der Waals surface area contributed by atoms with Gasteiger partial charge in [0.15, 0.2) is 11.5 Å². The molecule has 20 heavy (non-hydrogen) atoms. The molecule has 0 saturated carbocycles. The molecule has 0 saturated heterocycles. The number of hydrogen-bond donors (Lipinski definition) is 0. The van der Waals surface area contributed by atoms with Crippen molar-refractivity contribution in [1.29, 1.82) is 0 Å². The molecule has 0 aliphatic rings. The standard InChI is InChI=1S/C15H16ClNO3/c1-18-13-6-5-11(9-16)8-14(13)20-10-12-4-3-7-17-15(12)19-2/h3-8H,9-10H2,1-2H3. The lowest BCUT2D eigenvalue weighted by atomic mass is 10.2. The van der Waals surface area contributed by atoms with Gasteiger partial charge in [0.05, 0.1) is 19.8 Å². The smallest absolute Gasteiger partial charge is 0.219 e. The number of alkyl halides is 1. The van der Waals surface area contributed by atoms with Gasteiger partial charge in [0, 0.05) is 12.1 Å². The van der Waals surface area contributed by atoms with Gasteiger partial charge in [0.1, 0.15) is 6.61 Å². The molecule has 2 rings (SSSR count). The number of benzene rings is 1. The predicted octanol–water partition coefficient (Wildman–Crippen LogP) is 3.42. The monoisotopic (exact) mass is 293 g/mol. The number of halogens is 1. The van der Waals surface area contributed by atoms with Crippen molar-refractivity contribution >= 4 is 11.6 Å². The Labute approximate surface area is 123 Å². The van der Waals surface area contributed by atoms with Gasteiger partial charge in [-0.1, -0.05) is 6.07 Å². The summed E-state index contributed by atoms with van der Waals surface area (Å²) in [4.78, 5) is 4.13. The number of rotatable bonds is 6. The first-order valence-electron chi connectivity index (χ1n) is 6.12. The molecular weight excluding hydrogens is 278 g/mol. The number of ether oxygens (including phenoxy) is 3. The summed E-state index contributed by atoms with van der Waals surface area (Å²) in [5, 5.41) is 0. The average Bonchev–Trinajstić information content (AvgIpc) is 2.52. The van der Waals surface area contributed by atoms with Crippen LogP contribution in [0.3, 0.4) is 0 Å². The van der Waals surface area contributed by atoms with E-state index < -0.39 is 0 Å². The third kappa shape index (κ3) is 3.33. The molecule has 0 atom stereocenters. The maximum absolute atomic E-state index is 5.83. The first kappa shape index (κ1) is 14.5. The fraction of sp³-hybridized carbons (Fsp3) is 0.267. The first-order valence-corrected chi connectivity index (χ1v) is 6.65. The second kappa shape index (κ2) is 7.01. The van der Waals surface area contributed by atoms with Gasteiger partial charge in [0.2, 0.25) is 5.88 Å². The van der Waals surface area contributed by atoms with Gasteiger partial charge in [-0.2, -0.15) is 0 Å². The molecule has 106 valence electrons. The van der Waals surface area contributed by atoms with Crippen molar-refractivity contribution in [2.75, 3.05) is 14.2 Å². The van der Waals surface area contributed by atoms with Crippen molar-refractivity contribution in [3.05, 3.63) is 47.7 Å². The Morgan fingerprint density at radius 1 is 1.10 bits per heavy atom. The van der Waals surface area contributed by atoms with Crippen molar-refractivity contribution < 1.29 is 14.2 Å². The quantitative estimate of drug-likeness (QED) is 0.765. The fourth-order valence-corrected chi connectivity index (χ4v) is 1.96. The van der Waals surface area contributed by atoms with E-state index in [2.05, 4.69) is 4.98 Å². The third-order valence-electron chi connectivity index (χ3n) is 2.81. The lowest BCUT2D eigenvalue weighted by Crippen LogP contribution is -2.01. The van der Waals surface area contributed by atoms with Crippen LogP contribution in [0.4, 0.5) is 0 Å². The third-order valence-corrected chi connectivity index (χ3v) is 3.12.